The number of Topliss-reactive ketones (excluding diaryl/α,β-unsaturated/α-hetero) is 1. The molecule has 1 aromatic carbocycles. The van der Waals surface area contributed by atoms with E-state index in [1.807, 2.05) is 6.07 Å². The van der Waals surface area contributed by atoms with Gasteiger partial charge in [0, 0.05) is 13.1 Å². The minimum atomic E-state index is -0.399. The molecule has 20 heavy (non-hydrogen) atoms. The van der Waals surface area contributed by atoms with Crippen LogP contribution in [0.4, 0.5) is 10.1 Å². The van der Waals surface area contributed by atoms with Crippen LogP contribution < -0.4 is 4.90 Å². The van der Waals surface area contributed by atoms with E-state index in [9.17, 15) is 9.18 Å². The zero-order valence-electron chi connectivity index (χ0n) is 12.5. The maximum atomic E-state index is 13.9. The monoisotopic (exact) mass is 277 g/mol. The van der Waals surface area contributed by atoms with Crippen molar-refractivity contribution >= 4 is 11.5 Å². The number of hydrogen-bond acceptors (Lipinski definition) is 2. The lowest BCUT2D eigenvalue weighted by atomic mass is 9.96. The van der Waals surface area contributed by atoms with E-state index in [4.69, 9.17) is 0 Å². The summed E-state index contributed by atoms with van der Waals surface area (Å²) >= 11 is 0. The molecule has 3 heteroatoms. The van der Waals surface area contributed by atoms with Crippen molar-refractivity contribution in [1.82, 2.24) is 0 Å². The van der Waals surface area contributed by atoms with Crippen molar-refractivity contribution in [2.75, 3.05) is 18.0 Å². The van der Waals surface area contributed by atoms with E-state index in [2.05, 4.69) is 11.8 Å². The van der Waals surface area contributed by atoms with E-state index in [1.165, 1.54) is 32.3 Å². The molecule has 1 unspecified atom stereocenters. The quantitative estimate of drug-likeness (QED) is 0.759. The van der Waals surface area contributed by atoms with E-state index in [1.54, 1.807) is 6.07 Å². The summed E-state index contributed by atoms with van der Waals surface area (Å²) in [6.07, 6.45) is 6.01. The lowest BCUT2D eigenvalue weighted by Crippen LogP contribution is -2.26. The number of hydrogen-bond donors (Lipinski definition) is 0. The highest BCUT2D eigenvalue weighted by Crippen LogP contribution is 2.29. The van der Waals surface area contributed by atoms with Crippen molar-refractivity contribution in [3.8, 4) is 0 Å². The number of nitrogens with zero attached hydrogens (tertiary/aromatic N) is 1. The van der Waals surface area contributed by atoms with Crippen LogP contribution in [0, 0.1) is 11.7 Å². The lowest BCUT2D eigenvalue weighted by molar-refractivity contribution is 0.101. The van der Waals surface area contributed by atoms with Crippen LogP contribution >= 0.6 is 0 Å². The SMILES string of the molecule is CCCC1CCCN(c2cccc(F)c2C(C)=O)CC1. The predicted octanol–water partition coefficient (Wildman–Crippen LogP) is 4.43. The second-order valence-corrected chi connectivity index (χ2v) is 5.76. The van der Waals surface area contributed by atoms with Crippen LogP contribution in [0.5, 0.6) is 0 Å². The standard InChI is InChI=1S/C17H24FNO/c1-3-6-14-7-5-11-19(12-10-14)16-9-4-8-15(18)17(16)13(2)20/h4,8-9,14H,3,5-7,10-12H2,1-2H3. The van der Waals surface area contributed by atoms with E-state index >= 15 is 0 Å². The van der Waals surface area contributed by atoms with Gasteiger partial charge in [-0.05, 0) is 44.2 Å². The van der Waals surface area contributed by atoms with E-state index < -0.39 is 5.82 Å². The van der Waals surface area contributed by atoms with Crippen LogP contribution in [0.15, 0.2) is 18.2 Å². The highest BCUT2D eigenvalue weighted by atomic mass is 19.1. The molecule has 1 aliphatic rings. The van der Waals surface area contributed by atoms with Crippen LogP contribution in [-0.2, 0) is 0 Å². The summed E-state index contributed by atoms with van der Waals surface area (Å²) in [6.45, 7) is 5.51. The lowest BCUT2D eigenvalue weighted by Gasteiger charge is -2.25. The predicted molar refractivity (Wildman–Crippen MR) is 80.9 cm³/mol. The molecular formula is C17H24FNO. The molecule has 1 heterocycles. The van der Waals surface area contributed by atoms with Gasteiger partial charge in [-0.2, -0.15) is 0 Å². The first kappa shape index (κ1) is 15.0. The molecule has 0 aromatic heterocycles. The molecule has 0 N–H and O–H groups in total. The molecule has 0 spiro atoms. The molecule has 1 fully saturated rings. The maximum Gasteiger partial charge on any atom is 0.164 e. The minimum absolute atomic E-state index is 0.188. The second-order valence-electron chi connectivity index (χ2n) is 5.76. The molecule has 0 amide bonds. The Morgan fingerprint density at radius 2 is 2.15 bits per heavy atom. The normalized spacial score (nSPS) is 19.8. The Labute approximate surface area is 121 Å². The maximum absolute atomic E-state index is 13.9. The smallest absolute Gasteiger partial charge is 0.164 e. The van der Waals surface area contributed by atoms with Crippen molar-refractivity contribution in [2.45, 2.75) is 46.0 Å². The molecule has 110 valence electrons. The number of halogens is 1. The van der Waals surface area contributed by atoms with E-state index in [0.717, 1.165) is 37.5 Å². The van der Waals surface area contributed by atoms with Gasteiger partial charge in [0.2, 0.25) is 0 Å². The van der Waals surface area contributed by atoms with Crippen LogP contribution in [0.3, 0.4) is 0 Å². The Hall–Kier alpha value is -1.38. The zero-order valence-corrected chi connectivity index (χ0v) is 12.5. The summed E-state index contributed by atoms with van der Waals surface area (Å²) in [7, 11) is 0. The fourth-order valence-electron chi connectivity index (χ4n) is 3.23. The number of carbonyl (C=O) groups excluding carboxylic acids is 1. The van der Waals surface area contributed by atoms with E-state index in [-0.39, 0.29) is 11.3 Å². The summed E-state index contributed by atoms with van der Waals surface area (Å²) in [5.41, 5.74) is 1.02. The average Bonchev–Trinajstić information content (AvgIpc) is 2.64. The Morgan fingerprint density at radius 1 is 1.35 bits per heavy atom. The first-order chi connectivity index (χ1) is 9.63. The first-order valence-electron chi connectivity index (χ1n) is 7.68. The Balaban J connectivity index is 2.20. The highest BCUT2D eigenvalue weighted by Gasteiger charge is 2.21. The van der Waals surface area contributed by atoms with Gasteiger partial charge in [-0.3, -0.25) is 4.79 Å². The number of carbonyl (C=O) groups is 1. The molecule has 1 aliphatic heterocycles. The summed E-state index contributed by atoms with van der Waals surface area (Å²) in [4.78, 5) is 13.9. The van der Waals surface area contributed by atoms with Gasteiger partial charge in [-0.1, -0.05) is 25.8 Å². The molecule has 2 nitrogen and oxygen atoms in total. The van der Waals surface area contributed by atoms with Crippen LogP contribution in [0.2, 0.25) is 0 Å². The summed E-state index contributed by atoms with van der Waals surface area (Å²) in [6, 6.07) is 4.95. The highest BCUT2D eigenvalue weighted by molar-refractivity contribution is 6.00. The number of benzene rings is 1. The topological polar surface area (TPSA) is 20.3 Å². The number of anilines is 1. The molecule has 2 rings (SSSR count). The molecule has 0 radical (unpaired) electrons. The Kier molecular flexibility index (Phi) is 5.16. The third kappa shape index (κ3) is 3.38. The van der Waals surface area contributed by atoms with Crippen molar-refractivity contribution in [3.05, 3.63) is 29.6 Å². The van der Waals surface area contributed by atoms with Gasteiger partial charge in [-0.15, -0.1) is 0 Å². The molecule has 0 saturated carbocycles. The summed E-state index contributed by atoms with van der Waals surface area (Å²) in [5.74, 6) is 0.191. The van der Waals surface area contributed by atoms with Crippen molar-refractivity contribution < 1.29 is 9.18 Å². The second kappa shape index (κ2) is 6.87. The molecule has 0 aliphatic carbocycles. The largest absolute Gasteiger partial charge is 0.371 e. The number of ketones is 1. The van der Waals surface area contributed by atoms with Gasteiger partial charge in [-0.25, -0.2) is 4.39 Å². The Morgan fingerprint density at radius 3 is 2.85 bits per heavy atom. The van der Waals surface area contributed by atoms with Crippen LogP contribution in [0.1, 0.15) is 56.3 Å². The molecule has 0 bridgehead atoms. The van der Waals surface area contributed by atoms with Gasteiger partial charge in [0.15, 0.2) is 5.78 Å². The van der Waals surface area contributed by atoms with Gasteiger partial charge in [0.05, 0.1) is 11.3 Å². The average molecular weight is 277 g/mol. The van der Waals surface area contributed by atoms with Crippen LogP contribution in [-0.4, -0.2) is 18.9 Å². The fourth-order valence-corrected chi connectivity index (χ4v) is 3.23. The van der Waals surface area contributed by atoms with Gasteiger partial charge >= 0.3 is 0 Å². The minimum Gasteiger partial charge on any atom is -0.371 e. The summed E-state index contributed by atoms with van der Waals surface area (Å²) in [5, 5.41) is 0. The van der Waals surface area contributed by atoms with Crippen molar-refractivity contribution in [2.24, 2.45) is 5.92 Å². The molecule has 1 aromatic rings. The van der Waals surface area contributed by atoms with Crippen molar-refractivity contribution in [1.29, 1.82) is 0 Å². The van der Waals surface area contributed by atoms with Crippen molar-refractivity contribution in [3.63, 3.8) is 0 Å². The van der Waals surface area contributed by atoms with Gasteiger partial charge in [0.1, 0.15) is 5.82 Å². The Bertz CT molecular complexity index is 472. The summed E-state index contributed by atoms with van der Waals surface area (Å²) < 4.78 is 13.9. The number of rotatable bonds is 4. The van der Waals surface area contributed by atoms with Gasteiger partial charge in [0.25, 0.3) is 0 Å². The molecule has 1 atom stereocenters. The molecular weight excluding hydrogens is 253 g/mol. The molecule has 1 saturated heterocycles. The van der Waals surface area contributed by atoms with E-state index in [0.29, 0.717) is 0 Å². The first-order valence-corrected chi connectivity index (χ1v) is 7.68. The van der Waals surface area contributed by atoms with Crippen LogP contribution in [0.25, 0.3) is 0 Å². The third-order valence-electron chi connectivity index (χ3n) is 4.23. The fraction of sp³-hybridized carbons (Fsp3) is 0.588. The van der Waals surface area contributed by atoms with Gasteiger partial charge < -0.3 is 4.90 Å². The third-order valence-corrected chi connectivity index (χ3v) is 4.23. The zero-order chi connectivity index (χ0) is 14.5.